The van der Waals surface area contributed by atoms with Gasteiger partial charge in [0.2, 0.25) is 0 Å². The topological polar surface area (TPSA) is 44.8 Å². The fraction of sp³-hybridized carbons (Fsp3) is 0.381. The van der Waals surface area contributed by atoms with E-state index in [1.54, 1.807) is 24.3 Å². The highest BCUT2D eigenvalue weighted by molar-refractivity contribution is 9.10. The second-order valence-corrected chi connectivity index (χ2v) is 8.42. The average Bonchev–Trinajstić information content (AvgIpc) is 2.72. The number of carbonyl (C=O) groups is 1. The van der Waals surface area contributed by atoms with E-state index in [-0.39, 0.29) is 5.56 Å². The largest absolute Gasteiger partial charge is 0.496 e. The van der Waals surface area contributed by atoms with Gasteiger partial charge in [0.05, 0.1) is 16.4 Å². The summed E-state index contributed by atoms with van der Waals surface area (Å²) in [5, 5.41) is 0. The second kappa shape index (κ2) is 10.2. The molecular weight excluding hydrogens is 533 g/mol. The smallest absolute Gasteiger partial charge is 0.432 e. The number of benzene rings is 2. The summed E-state index contributed by atoms with van der Waals surface area (Å²) in [7, 11) is 2.33. The number of hydrogen-bond donors (Lipinski definition) is 0. The van der Waals surface area contributed by atoms with Crippen LogP contribution in [0.4, 0.5) is 13.2 Å². The van der Waals surface area contributed by atoms with Crippen LogP contribution < -0.4 is 4.74 Å². The highest BCUT2D eigenvalue weighted by Crippen LogP contribution is 2.45. The zero-order valence-electron chi connectivity index (χ0n) is 16.5. The molecule has 0 aromatic heterocycles. The molecule has 4 nitrogen and oxygen atoms in total. The van der Waals surface area contributed by atoms with Gasteiger partial charge in [-0.3, -0.25) is 0 Å². The molecule has 2 aromatic carbocycles. The summed E-state index contributed by atoms with van der Waals surface area (Å²) in [6.07, 6.45) is -5.54. The number of halogens is 5. The van der Waals surface area contributed by atoms with E-state index in [0.29, 0.717) is 22.2 Å². The molecular formula is C21H21Br2F3O4. The molecule has 0 aliphatic rings. The van der Waals surface area contributed by atoms with Crippen LogP contribution in [0.1, 0.15) is 30.6 Å². The Morgan fingerprint density at radius 1 is 1.10 bits per heavy atom. The third-order valence-corrected chi connectivity index (χ3v) is 6.38. The van der Waals surface area contributed by atoms with Crippen molar-refractivity contribution in [3.05, 3.63) is 64.1 Å². The number of alkyl halides is 4. The molecule has 2 aromatic rings. The van der Waals surface area contributed by atoms with E-state index >= 15 is 0 Å². The molecule has 164 valence electrons. The molecule has 2 rings (SSSR count). The zero-order chi connectivity index (χ0) is 22.5. The first-order valence-electron chi connectivity index (χ1n) is 8.98. The van der Waals surface area contributed by atoms with Crippen molar-refractivity contribution in [1.82, 2.24) is 0 Å². The van der Waals surface area contributed by atoms with Crippen molar-refractivity contribution < 1.29 is 32.2 Å². The normalized spacial score (nSPS) is 15.7. The molecule has 0 saturated carbocycles. The van der Waals surface area contributed by atoms with Crippen molar-refractivity contribution in [2.45, 2.75) is 36.1 Å². The van der Waals surface area contributed by atoms with E-state index in [4.69, 9.17) is 14.2 Å². The summed E-state index contributed by atoms with van der Waals surface area (Å²) < 4.78 is 58.5. The molecule has 0 spiro atoms. The number of rotatable bonds is 8. The maximum Gasteiger partial charge on any atom is 0.432 e. The SMILES string of the molecule is CC[C@H](Br)[C@@H](OC(=O)[C@](OC)(c1ccccc1)C(F)(F)F)c1ccc(OC)c(Br)c1. The van der Waals surface area contributed by atoms with Crippen molar-refractivity contribution in [1.29, 1.82) is 0 Å². The third-order valence-electron chi connectivity index (χ3n) is 4.63. The minimum atomic E-state index is -5.04. The van der Waals surface area contributed by atoms with Crippen LogP contribution >= 0.6 is 31.9 Å². The van der Waals surface area contributed by atoms with Crippen molar-refractivity contribution in [2.24, 2.45) is 0 Å². The predicted molar refractivity (Wildman–Crippen MR) is 114 cm³/mol. The lowest BCUT2D eigenvalue weighted by molar-refractivity contribution is -0.278. The van der Waals surface area contributed by atoms with Crippen molar-refractivity contribution in [3.63, 3.8) is 0 Å². The Balaban J connectivity index is 2.52. The average molecular weight is 554 g/mol. The first-order valence-corrected chi connectivity index (χ1v) is 10.7. The van der Waals surface area contributed by atoms with Gasteiger partial charge in [0, 0.05) is 12.7 Å². The Morgan fingerprint density at radius 2 is 1.73 bits per heavy atom. The molecule has 0 bridgehead atoms. The van der Waals surface area contributed by atoms with Crippen molar-refractivity contribution in [3.8, 4) is 5.75 Å². The Kier molecular flexibility index (Phi) is 8.35. The Morgan fingerprint density at radius 3 is 2.20 bits per heavy atom. The molecule has 0 radical (unpaired) electrons. The van der Waals surface area contributed by atoms with Gasteiger partial charge in [-0.1, -0.05) is 59.3 Å². The summed E-state index contributed by atoms with van der Waals surface area (Å²) in [6.45, 7) is 1.82. The van der Waals surface area contributed by atoms with E-state index in [2.05, 4.69) is 31.9 Å². The quantitative estimate of drug-likeness (QED) is 0.283. The van der Waals surface area contributed by atoms with Crippen molar-refractivity contribution in [2.75, 3.05) is 14.2 Å². The molecule has 3 atom stereocenters. The zero-order valence-corrected chi connectivity index (χ0v) is 19.7. The molecule has 30 heavy (non-hydrogen) atoms. The van der Waals surface area contributed by atoms with Crippen LogP contribution in [0.25, 0.3) is 0 Å². The lowest BCUT2D eigenvalue weighted by atomic mass is 9.92. The molecule has 9 heteroatoms. The molecule has 0 aliphatic carbocycles. The fourth-order valence-electron chi connectivity index (χ4n) is 3.01. The van der Waals surface area contributed by atoms with E-state index in [9.17, 15) is 18.0 Å². The lowest BCUT2D eigenvalue weighted by Gasteiger charge is -2.34. The number of hydrogen-bond acceptors (Lipinski definition) is 4. The van der Waals surface area contributed by atoms with Crippen LogP contribution in [0, 0.1) is 0 Å². The monoisotopic (exact) mass is 552 g/mol. The number of esters is 1. The number of ether oxygens (including phenoxy) is 3. The fourth-order valence-corrected chi connectivity index (χ4v) is 3.98. The van der Waals surface area contributed by atoms with Gasteiger partial charge in [0.25, 0.3) is 5.60 Å². The van der Waals surface area contributed by atoms with Gasteiger partial charge in [0.1, 0.15) is 11.9 Å². The predicted octanol–water partition coefficient (Wildman–Crippen LogP) is 6.32. The van der Waals surface area contributed by atoms with E-state index in [1.807, 2.05) is 6.92 Å². The summed E-state index contributed by atoms with van der Waals surface area (Å²) >= 11 is 6.77. The molecule has 0 heterocycles. The second-order valence-electron chi connectivity index (χ2n) is 6.39. The highest BCUT2D eigenvalue weighted by Gasteiger charge is 2.64. The van der Waals surface area contributed by atoms with Gasteiger partial charge in [-0.25, -0.2) is 4.79 Å². The first-order chi connectivity index (χ1) is 14.1. The van der Waals surface area contributed by atoms with Gasteiger partial charge in [-0.05, 0) is 40.0 Å². The van der Waals surface area contributed by atoms with E-state index in [1.165, 1.54) is 31.4 Å². The van der Waals surface area contributed by atoms with E-state index < -0.39 is 28.7 Å². The summed E-state index contributed by atoms with van der Waals surface area (Å²) in [6, 6.07) is 11.6. The Bertz CT molecular complexity index is 861. The van der Waals surface area contributed by atoms with Crippen LogP contribution in [-0.2, 0) is 19.9 Å². The number of methoxy groups -OCH3 is 2. The first kappa shape index (κ1) is 24.7. The summed E-state index contributed by atoms with van der Waals surface area (Å²) in [5.74, 6) is -1.00. The molecule has 0 N–H and O–H groups in total. The number of carbonyl (C=O) groups excluding carboxylic acids is 1. The summed E-state index contributed by atoms with van der Waals surface area (Å²) in [5.41, 5.74) is -3.11. The minimum absolute atomic E-state index is 0.359. The molecule has 0 saturated heterocycles. The van der Waals surface area contributed by atoms with Crippen LogP contribution in [0.3, 0.4) is 0 Å². The summed E-state index contributed by atoms with van der Waals surface area (Å²) in [4.78, 5) is 12.6. The molecule has 0 unspecified atom stereocenters. The van der Waals surface area contributed by atoms with E-state index in [0.717, 1.165) is 7.11 Å². The highest BCUT2D eigenvalue weighted by atomic mass is 79.9. The minimum Gasteiger partial charge on any atom is -0.496 e. The lowest BCUT2D eigenvalue weighted by Crippen LogP contribution is -2.52. The Hall–Kier alpha value is -1.58. The van der Waals surface area contributed by atoms with Gasteiger partial charge >= 0.3 is 12.1 Å². The van der Waals surface area contributed by atoms with Crippen LogP contribution in [0.15, 0.2) is 53.0 Å². The third kappa shape index (κ3) is 4.84. The maximum atomic E-state index is 14.1. The van der Waals surface area contributed by atoms with Gasteiger partial charge < -0.3 is 14.2 Å². The van der Waals surface area contributed by atoms with Gasteiger partial charge in [-0.15, -0.1) is 0 Å². The molecule has 0 amide bonds. The van der Waals surface area contributed by atoms with Gasteiger partial charge in [-0.2, -0.15) is 13.2 Å². The van der Waals surface area contributed by atoms with Crippen molar-refractivity contribution >= 4 is 37.8 Å². The molecule has 0 aliphatic heterocycles. The van der Waals surface area contributed by atoms with Crippen LogP contribution in [0.2, 0.25) is 0 Å². The van der Waals surface area contributed by atoms with Gasteiger partial charge in [0.15, 0.2) is 0 Å². The van der Waals surface area contributed by atoms with Crippen LogP contribution in [-0.4, -0.2) is 31.2 Å². The Labute approximate surface area is 190 Å². The van der Waals surface area contributed by atoms with Crippen LogP contribution in [0.5, 0.6) is 5.75 Å². The standard InChI is InChI=1S/C21H21Br2F3O4/c1-4-15(22)18(13-10-11-17(28-2)16(23)12-13)30-19(27)20(29-3,21(24,25)26)14-8-6-5-7-9-14/h5-12,15,18H,4H2,1-3H3/t15-,18-,20+/m0/s1. The maximum absolute atomic E-state index is 14.1. The molecule has 0 fully saturated rings.